The molecule has 0 aromatic carbocycles. The summed E-state index contributed by atoms with van der Waals surface area (Å²) in [6.07, 6.45) is 4.56. The van der Waals surface area contributed by atoms with Crippen molar-refractivity contribution in [2.75, 3.05) is 0 Å². The first kappa shape index (κ1) is 14.4. The van der Waals surface area contributed by atoms with Crippen LogP contribution in [0.5, 0.6) is 0 Å². The van der Waals surface area contributed by atoms with Crippen LogP contribution in [0.25, 0.3) is 0 Å². The SMILES string of the molecule is C/C=C/CC(NC(=O)c1sccc1CC)C(=O)O. The first-order valence-electron chi connectivity index (χ1n) is 5.81. The highest BCUT2D eigenvalue weighted by molar-refractivity contribution is 7.12. The summed E-state index contributed by atoms with van der Waals surface area (Å²) in [7, 11) is 0. The van der Waals surface area contributed by atoms with Crippen LogP contribution in [-0.4, -0.2) is 23.0 Å². The number of nitrogens with one attached hydrogen (secondary N) is 1. The fourth-order valence-electron chi connectivity index (χ4n) is 1.53. The number of thiophene rings is 1. The van der Waals surface area contributed by atoms with Crippen LogP contribution < -0.4 is 5.32 Å². The van der Waals surface area contributed by atoms with Crippen molar-refractivity contribution in [3.8, 4) is 0 Å². The van der Waals surface area contributed by atoms with E-state index in [-0.39, 0.29) is 5.91 Å². The maximum atomic E-state index is 12.0. The zero-order valence-electron chi connectivity index (χ0n) is 10.5. The zero-order valence-corrected chi connectivity index (χ0v) is 11.3. The van der Waals surface area contributed by atoms with Gasteiger partial charge in [-0.3, -0.25) is 4.79 Å². The second-order valence-electron chi connectivity index (χ2n) is 3.80. The number of hydrogen-bond donors (Lipinski definition) is 2. The Morgan fingerprint density at radius 3 is 2.83 bits per heavy atom. The monoisotopic (exact) mass is 267 g/mol. The highest BCUT2D eigenvalue weighted by Crippen LogP contribution is 2.17. The van der Waals surface area contributed by atoms with E-state index in [9.17, 15) is 9.59 Å². The molecule has 1 aromatic rings. The van der Waals surface area contributed by atoms with E-state index in [4.69, 9.17) is 5.11 Å². The molecule has 18 heavy (non-hydrogen) atoms. The van der Waals surface area contributed by atoms with Crippen molar-refractivity contribution in [3.63, 3.8) is 0 Å². The summed E-state index contributed by atoms with van der Waals surface area (Å²) in [6, 6.07) is 1.02. The van der Waals surface area contributed by atoms with E-state index in [1.807, 2.05) is 25.3 Å². The van der Waals surface area contributed by atoms with Crippen LogP contribution in [0, 0.1) is 0 Å². The molecule has 0 saturated carbocycles. The number of carboxylic acid groups (broad SMARTS) is 1. The average Bonchev–Trinajstić information content (AvgIpc) is 2.82. The van der Waals surface area contributed by atoms with E-state index >= 15 is 0 Å². The van der Waals surface area contributed by atoms with Crippen molar-refractivity contribution >= 4 is 23.2 Å². The average molecular weight is 267 g/mol. The van der Waals surface area contributed by atoms with Crippen LogP contribution in [0.15, 0.2) is 23.6 Å². The fraction of sp³-hybridized carbons (Fsp3) is 0.385. The molecule has 2 N–H and O–H groups in total. The Hall–Kier alpha value is -1.62. The van der Waals surface area contributed by atoms with Gasteiger partial charge in [-0.05, 0) is 36.8 Å². The maximum absolute atomic E-state index is 12.0. The molecule has 0 radical (unpaired) electrons. The largest absolute Gasteiger partial charge is 0.480 e. The van der Waals surface area contributed by atoms with Gasteiger partial charge in [-0.15, -0.1) is 11.3 Å². The molecule has 1 amide bonds. The number of allylic oxidation sites excluding steroid dienone is 1. The molecule has 1 heterocycles. The third-order valence-corrected chi connectivity index (χ3v) is 3.50. The van der Waals surface area contributed by atoms with Crippen molar-refractivity contribution in [2.45, 2.75) is 32.7 Å². The van der Waals surface area contributed by atoms with Gasteiger partial charge in [0.15, 0.2) is 0 Å². The molecule has 0 fully saturated rings. The lowest BCUT2D eigenvalue weighted by atomic mass is 10.1. The molecule has 1 rings (SSSR count). The Morgan fingerprint density at radius 1 is 1.56 bits per heavy atom. The van der Waals surface area contributed by atoms with Crippen LogP contribution in [0.2, 0.25) is 0 Å². The minimum atomic E-state index is -1.02. The molecule has 1 atom stereocenters. The first-order chi connectivity index (χ1) is 8.60. The lowest BCUT2D eigenvalue weighted by Gasteiger charge is -2.12. The molecule has 1 unspecified atom stereocenters. The van der Waals surface area contributed by atoms with Gasteiger partial charge in [-0.1, -0.05) is 19.1 Å². The number of aryl methyl sites for hydroxylation is 1. The summed E-state index contributed by atoms with van der Waals surface area (Å²) in [6.45, 7) is 3.78. The zero-order chi connectivity index (χ0) is 13.5. The molecular formula is C13H17NO3S. The Morgan fingerprint density at radius 2 is 2.28 bits per heavy atom. The van der Waals surface area contributed by atoms with E-state index in [1.165, 1.54) is 11.3 Å². The topological polar surface area (TPSA) is 66.4 Å². The predicted molar refractivity (Wildman–Crippen MR) is 72.0 cm³/mol. The quantitative estimate of drug-likeness (QED) is 0.778. The van der Waals surface area contributed by atoms with Gasteiger partial charge in [0.05, 0.1) is 4.88 Å². The molecule has 98 valence electrons. The molecule has 5 heteroatoms. The Bertz CT molecular complexity index is 451. The van der Waals surface area contributed by atoms with Gasteiger partial charge < -0.3 is 10.4 Å². The van der Waals surface area contributed by atoms with Crippen LogP contribution >= 0.6 is 11.3 Å². The minimum absolute atomic E-state index is 0.296. The minimum Gasteiger partial charge on any atom is -0.480 e. The van der Waals surface area contributed by atoms with Crippen molar-refractivity contribution in [1.29, 1.82) is 0 Å². The molecule has 0 aliphatic heterocycles. The van der Waals surface area contributed by atoms with Gasteiger partial charge in [-0.25, -0.2) is 4.79 Å². The van der Waals surface area contributed by atoms with E-state index in [0.29, 0.717) is 11.3 Å². The van der Waals surface area contributed by atoms with Crippen molar-refractivity contribution in [2.24, 2.45) is 0 Å². The number of carbonyl (C=O) groups excluding carboxylic acids is 1. The molecule has 1 aromatic heterocycles. The highest BCUT2D eigenvalue weighted by Gasteiger charge is 2.21. The van der Waals surface area contributed by atoms with Crippen LogP contribution in [0.1, 0.15) is 35.5 Å². The highest BCUT2D eigenvalue weighted by atomic mass is 32.1. The number of rotatable bonds is 6. The van der Waals surface area contributed by atoms with Crippen molar-refractivity contribution < 1.29 is 14.7 Å². The second-order valence-corrected chi connectivity index (χ2v) is 4.71. The molecule has 0 spiro atoms. The standard InChI is InChI=1S/C13H17NO3S/c1-3-5-6-10(13(16)17)14-12(15)11-9(4-2)7-8-18-11/h3,5,7-8,10H,4,6H2,1-2H3,(H,14,15)(H,16,17)/b5-3+. The van der Waals surface area contributed by atoms with E-state index < -0.39 is 12.0 Å². The summed E-state index contributed by atoms with van der Waals surface area (Å²) in [5, 5.41) is 13.4. The lowest BCUT2D eigenvalue weighted by Crippen LogP contribution is -2.40. The molecule has 0 saturated heterocycles. The summed E-state index contributed by atoms with van der Waals surface area (Å²) in [5.41, 5.74) is 0.952. The fourth-order valence-corrected chi connectivity index (χ4v) is 2.43. The Labute approximate surface area is 110 Å². The van der Waals surface area contributed by atoms with Gasteiger partial charge in [0.2, 0.25) is 0 Å². The van der Waals surface area contributed by atoms with E-state index in [0.717, 1.165) is 12.0 Å². The number of carboxylic acids is 1. The summed E-state index contributed by atoms with van der Waals surface area (Å²) in [4.78, 5) is 23.6. The Balaban J connectivity index is 2.75. The van der Waals surface area contributed by atoms with Gasteiger partial charge >= 0.3 is 5.97 Å². The number of amides is 1. The first-order valence-corrected chi connectivity index (χ1v) is 6.69. The van der Waals surface area contributed by atoms with Crippen molar-refractivity contribution in [3.05, 3.63) is 34.0 Å². The normalized spacial score (nSPS) is 12.6. The molecule has 0 aliphatic rings. The molecule has 4 nitrogen and oxygen atoms in total. The van der Waals surface area contributed by atoms with Gasteiger partial charge in [0.1, 0.15) is 6.04 Å². The number of carbonyl (C=O) groups is 2. The van der Waals surface area contributed by atoms with Crippen LogP contribution in [0.4, 0.5) is 0 Å². The number of hydrogen-bond acceptors (Lipinski definition) is 3. The molecule has 0 aliphatic carbocycles. The van der Waals surface area contributed by atoms with E-state index in [1.54, 1.807) is 12.2 Å². The smallest absolute Gasteiger partial charge is 0.326 e. The van der Waals surface area contributed by atoms with Gasteiger partial charge in [0.25, 0.3) is 5.91 Å². The Kier molecular flexibility index (Phi) is 5.58. The van der Waals surface area contributed by atoms with Crippen LogP contribution in [0.3, 0.4) is 0 Å². The van der Waals surface area contributed by atoms with Gasteiger partial charge in [0, 0.05) is 0 Å². The van der Waals surface area contributed by atoms with Crippen LogP contribution in [-0.2, 0) is 11.2 Å². The second kappa shape index (κ2) is 6.96. The third kappa shape index (κ3) is 3.70. The van der Waals surface area contributed by atoms with Gasteiger partial charge in [-0.2, -0.15) is 0 Å². The summed E-state index contributed by atoms with van der Waals surface area (Å²) in [5.74, 6) is -1.32. The molecule has 0 bridgehead atoms. The third-order valence-electron chi connectivity index (χ3n) is 2.54. The lowest BCUT2D eigenvalue weighted by molar-refractivity contribution is -0.139. The number of aliphatic carboxylic acids is 1. The predicted octanol–water partition coefficient (Wildman–Crippen LogP) is 2.46. The molecular weight excluding hydrogens is 250 g/mol. The summed E-state index contributed by atoms with van der Waals surface area (Å²) < 4.78 is 0. The van der Waals surface area contributed by atoms with Crippen molar-refractivity contribution in [1.82, 2.24) is 5.32 Å². The summed E-state index contributed by atoms with van der Waals surface area (Å²) >= 11 is 1.34. The maximum Gasteiger partial charge on any atom is 0.326 e. The van der Waals surface area contributed by atoms with E-state index in [2.05, 4.69) is 5.32 Å².